The molecule has 1 unspecified atom stereocenters. The molecule has 2 aliphatic heterocycles. The summed E-state index contributed by atoms with van der Waals surface area (Å²) in [5, 5.41) is 9.40. The fraction of sp³-hybridized carbons (Fsp3) is 0.321. The maximum absolute atomic E-state index is 13.9. The molecule has 0 amide bonds. The molecule has 1 saturated heterocycles. The average molecular weight is 535 g/mol. The minimum Gasteiger partial charge on any atom is -0.477 e. The zero-order valence-corrected chi connectivity index (χ0v) is 21.5. The van der Waals surface area contributed by atoms with Gasteiger partial charge in [-0.2, -0.15) is 0 Å². The number of nitrogens with zero attached hydrogens (tertiary/aromatic N) is 4. The maximum atomic E-state index is 13.9. The van der Waals surface area contributed by atoms with Crippen molar-refractivity contribution >= 4 is 33.2 Å². The largest absolute Gasteiger partial charge is 0.477 e. The molecule has 0 bridgehead atoms. The van der Waals surface area contributed by atoms with Gasteiger partial charge in [0.2, 0.25) is 5.88 Å². The molecule has 0 aliphatic carbocycles. The molecule has 0 radical (unpaired) electrons. The summed E-state index contributed by atoms with van der Waals surface area (Å²) in [7, 11) is 0. The predicted molar refractivity (Wildman–Crippen MR) is 142 cm³/mol. The monoisotopic (exact) mass is 534 g/mol. The molecule has 1 atom stereocenters. The number of benzene rings is 1. The minimum atomic E-state index is -0.926. The number of pyridine rings is 1. The lowest BCUT2D eigenvalue weighted by Crippen LogP contribution is -2.33. The van der Waals surface area contributed by atoms with Gasteiger partial charge in [-0.05, 0) is 36.6 Å². The van der Waals surface area contributed by atoms with Crippen LogP contribution < -0.4 is 4.74 Å². The summed E-state index contributed by atoms with van der Waals surface area (Å²) in [5.74, 6) is 0.180. The molecule has 196 valence electrons. The van der Waals surface area contributed by atoms with Crippen molar-refractivity contribution in [3.63, 3.8) is 0 Å². The fourth-order valence-corrected chi connectivity index (χ4v) is 5.64. The number of fused-ring (bicyclic) bond motifs is 1. The van der Waals surface area contributed by atoms with Crippen molar-refractivity contribution < 1.29 is 23.8 Å². The number of carbonyl (C=O) groups is 1. The van der Waals surface area contributed by atoms with Crippen LogP contribution in [0.4, 0.5) is 4.39 Å². The van der Waals surface area contributed by atoms with E-state index in [-0.39, 0.29) is 18.5 Å². The molecule has 1 fully saturated rings. The Morgan fingerprint density at radius 1 is 1.21 bits per heavy atom. The lowest BCUT2D eigenvalue weighted by atomic mass is 10.0. The van der Waals surface area contributed by atoms with E-state index in [0.717, 1.165) is 60.0 Å². The predicted octanol–water partition coefficient (Wildman–Crippen LogP) is 4.99. The van der Waals surface area contributed by atoms with E-state index in [9.17, 15) is 14.3 Å². The number of carboxylic acids is 1. The highest BCUT2D eigenvalue weighted by atomic mass is 32.1. The molecule has 10 heteroatoms. The quantitative estimate of drug-likeness (QED) is 0.324. The number of carboxylic acid groups (broad SMARTS) is 1. The Kier molecular flexibility index (Phi) is 6.92. The summed E-state index contributed by atoms with van der Waals surface area (Å²) in [6.45, 7) is 3.83. The number of hydrogen-bond donors (Lipinski definition) is 1. The van der Waals surface area contributed by atoms with Crippen LogP contribution in [0, 0.1) is 5.82 Å². The first-order valence-electron chi connectivity index (χ1n) is 12.6. The standard InChI is InChI=1S/C28H27FN4O4S/c29-21-5-2-1-4-19(21)17-37-26-7-3-6-22(30-26)18-8-11-32(12-9-18)16-25-31-27-23(14-24(38-27)28(34)35)33(25)15-20-10-13-36-20/h1-8,14,20H,9-13,15-17H2,(H,34,35). The van der Waals surface area contributed by atoms with Crippen molar-refractivity contribution in [3.05, 3.63) is 82.4 Å². The number of hydrogen-bond acceptors (Lipinski definition) is 7. The van der Waals surface area contributed by atoms with Crippen LogP contribution in [0.1, 0.15) is 39.6 Å². The van der Waals surface area contributed by atoms with Crippen LogP contribution in [0.5, 0.6) is 5.88 Å². The molecule has 2 aliphatic rings. The second kappa shape index (κ2) is 10.6. The SMILES string of the molecule is O=C(O)c1cc2c(nc(CN3CC=C(c4cccc(OCc5ccccc5F)n4)CC3)n2CC2CCO2)s1. The number of ether oxygens (including phenoxy) is 2. The molecule has 1 N–H and O–H groups in total. The zero-order valence-electron chi connectivity index (χ0n) is 20.7. The Hall–Kier alpha value is -3.60. The van der Waals surface area contributed by atoms with Crippen molar-refractivity contribution in [2.24, 2.45) is 0 Å². The van der Waals surface area contributed by atoms with Crippen LogP contribution in [-0.4, -0.2) is 56.3 Å². The van der Waals surface area contributed by atoms with E-state index in [1.54, 1.807) is 30.3 Å². The highest BCUT2D eigenvalue weighted by molar-refractivity contribution is 7.20. The van der Waals surface area contributed by atoms with Crippen LogP contribution in [0.3, 0.4) is 0 Å². The maximum Gasteiger partial charge on any atom is 0.346 e. The van der Waals surface area contributed by atoms with Gasteiger partial charge in [0.25, 0.3) is 0 Å². The van der Waals surface area contributed by atoms with Gasteiger partial charge < -0.3 is 19.1 Å². The highest BCUT2D eigenvalue weighted by Gasteiger charge is 2.25. The normalized spacial score (nSPS) is 17.8. The van der Waals surface area contributed by atoms with Gasteiger partial charge in [0.05, 0.1) is 30.4 Å². The number of rotatable bonds is 9. The molecule has 38 heavy (non-hydrogen) atoms. The van der Waals surface area contributed by atoms with Gasteiger partial charge in [0.1, 0.15) is 28.0 Å². The number of halogens is 1. The lowest BCUT2D eigenvalue weighted by molar-refractivity contribution is -0.0591. The molecular formula is C28H27FN4O4S. The van der Waals surface area contributed by atoms with Gasteiger partial charge in [0.15, 0.2) is 0 Å². The van der Waals surface area contributed by atoms with E-state index in [4.69, 9.17) is 14.5 Å². The van der Waals surface area contributed by atoms with Crippen molar-refractivity contribution in [2.45, 2.75) is 38.6 Å². The van der Waals surface area contributed by atoms with Crippen LogP contribution in [0.2, 0.25) is 0 Å². The second-order valence-corrected chi connectivity index (χ2v) is 10.5. The van der Waals surface area contributed by atoms with Gasteiger partial charge in [-0.15, -0.1) is 11.3 Å². The van der Waals surface area contributed by atoms with Gasteiger partial charge >= 0.3 is 5.97 Å². The molecular weight excluding hydrogens is 507 g/mol. The number of imidazole rings is 1. The van der Waals surface area contributed by atoms with Crippen molar-refractivity contribution in [1.29, 1.82) is 0 Å². The van der Waals surface area contributed by atoms with Crippen LogP contribution in [-0.2, 0) is 24.4 Å². The van der Waals surface area contributed by atoms with Crippen molar-refractivity contribution in [2.75, 3.05) is 19.7 Å². The summed E-state index contributed by atoms with van der Waals surface area (Å²) in [6.07, 6.45) is 4.15. The van der Waals surface area contributed by atoms with Gasteiger partial charge in [0, 0.05) is 31.3 Å². The number of aromatic carboxylic acids is 1. The Bertz CT molecular complexity index is 1510. The van der Waals surface area contributed by atoms with E-state index < -0.39 is 5.97 Å². The molecule has 6 rings (SSSR count). The topological polar surface area (TPSA) is 89.7 Å². The molecule has 5 heterocycles. The first-order chi connectivity index (χ1) is 18.5. The van der Waals surface area contributed by atoms with Crippen LogP contribution >= 0.6 is 11.3 Å². The summed E-state index contributed by atoms with van der Waals surface area (Å²) in [6, 6.07) is 14.0. The third kappa shape index (κ3) is 5.20. The van der Waals surface area contributed by atoms with E-state index in [1.807, 2.05) is 12.1 Å². The van der Waals surface area contributed by atoms with E-state index >= 15 is 0 Å². The fourth-order valence-electron chi connectivity index (χ4n) is 4.75. The van der Waals surface area contributed by atoms with E-state index in [1.165, 1.54) is 17.4 Å². The first-order valence-corrected chi connectivity index (χ1v) is 13.4. The molecule has 0 saturated carbocycles. The average Bonchev–Trinajstić information content (AvgIpc) is 3.45. The molecule has 8 nitrogen and oxygen atoms in total. The van der Waals surface area contributed by atoms with Crippen LogP contribution in [0.25, 0.3) is 15.9 Å². The van der Waals surface area contributed by atoms with Crippen molar-refractivity contribution in [3.8, 4) is 5.88 Å². The third-order valence-corrected chi connectivity index (χ3v) is 7.97. The van der Waals surface area contributed by atoms with E-state index in [0.29, 0.717) is 29.4 Å². The Morgan fingerprint density at radius 3 is 2.82 bits per heavy atom. The number of aromatic nitrogens is 3. The molecule has 4 aromatic rings. The van der Waals surface area contributed by atoms with Crippen molar-refractivity contribution in [1.82, 2.24) is 19.4 Å². The second-order valence-electron chi connectivity index (χ2n) is 9.48. The minimum absolute atomic E-state index is 0.125. The summed E-state index contributed by atoms with van der Waals surface area (Å²) < 4.78 is 27.4. The Balaban J connectivity index is 1.14. The highest BCUT2D eigenvalue weighted by Crippen LogP contribution is 2.30. The summed E-state index contributed by atoms with van der Waals surface area (Å²) in [4.78, 5) is 24.3. The molecule has 0 spiro atoms. The van der Waals surface area contributed by atoms with Gasteiger partial charge in [-0.1, -0.05) is 30.3 Å². The molecule has 1 aromatic carbocycles. The van der Waals surface area contributed by atoms with Crippen LogP contribution in [0.15, 0.2) is 54.6 Å². The summed E-state index contributed by atoms with van der Waals surface area (Å²) in [5.41, 5.74) is 3.37. The van der Waals surface area contributed by atoms with E-state index in [2.05, 4.69) is 20.5 Å². The number of thiophene rings is 1. The zero-order chi connectivity index (χ0) is 26.1. The smallest absolute Gasteiger partial charge is 0.346 e. The first kappa shape index (κ1) is 24.7. The Morgan fingerprint density at radius 2 is 2.08 bits per heavy atom. The lowest BCUT2D eigenvalue weighted by Gasteiger charge is -2.29. The molecule has 3 aromatic heterocycles. The van der Waals surface area contributed by atoms with Gasteiger partial charge in [-0.25, -0.2) is 19.2 Å². The Labute approximate surface area is 223 Å². The van der Waals surface area contributed by atoms with Gasteiger partial charge in [-0.3, -0.25) is 4.90 Å². The third-order valence-electron chi connectivity index (χ3n) is 6.96. The summed E-state index contributed by atoms with van der Waals surface area (Å²) >= 11 is 1.21.